The largest absolute Gasteiger partial charge is 0.390 e. The van der Waals surface area contributed by atoms with Gasteiger partial charge in [-0.05, 0) is 39.7 Å². The molecule has 0 aliphatic heterocycles. The van der Waals surface area contributed by atoms with Crippen molar-refractivity contribution in [3.8, 4) is 0 Å². The van der Waals surface area contributed by atoms with E-state index in [1.165, 1.54) is 0 Å². The fourth-order valence-corrected chi connectivity index (χ4v) is 1.73. The van der Waals surface area contributed by atoms with Crippen LogP contribution < -0.4 is 11.2 Å². The molecule has 0 fully saturated rings. The molecule has 8 heteroatoms. The Morgan fingerprint density at radius 3 is 2.88 bits per heavy atom. The van der Waals surface area contributed by atoms with Gasteiger partial charge in [0.05, 0.1) is 14.7 Å². The van der Waals surface area contributed by atoms with Crippen LogP contribution in [0.15, 0.2) is 15.9 Å². The van der Waals surface area contributed by atoms with Crippen LogP contribution in [0, 0.1) is 0 Å². The second-order valence-corrected chi connectivity index (χ2v) is 4.46. The standard InChI is InChI=1S/C16H26N4O4/c1-5-24-11-19-10-17-13-12(19)14(21)20(15(22)18(13)4)9-7-6-8-16(2,3)23/h10,23H,5-9,11H2,1-4H3/i2D3,3D3,4D3,6D2,7D2,8D2,9D2. The summed E-state index contributed by atoms with van der Waals surface area (Å²) in [5.41, 5.74) is -10.2. The molecule has 0 aliphatic rings. The molecule has 0 aliphatic carbocycles. The van der Waals surface area contributed by atoms with E-state index in [4.69, 9.17) is 28.0 Å². The molecule has 0 radical (unpaired) electrons. The minimum Gasteiger partial charge on any atom is -0.390 e. The third-order valence-corrected chi connectivity index (χ3v) is 2.73. The molecular formula is C16H26N4O4. The number of aromatic nitrogens is 4. The molecule has 2 rings (SSSR count). The van der Waals surface area contributed by atoms with Crippen LogP contribution in [0.1, 0.15) is 63.0 Å². The summed E-state index contributed by atoms with van der Waals surface area (Å²) >= 11 is 0. The third kappa shape index (κ3) is 3.93. The van der Waals surface area contributed by atoms with Gasteiger partial charge in [0.2, 0.25) is 0 Å². The Morgan fingerprint density at radius 2 is 2.21 bits per heavy atom. The molecule has 8 nitrogen and oxygen atoms in total. The van der Waals surface area contributed by atoms with Crippen molar-refractivity contribution in [1.29, 1.82) is 0 Å². The van der Waals surface area contributed by atoms with Crippen LogP contribution in [0.5, 0.6) is 0 Å². The lowest BCUT2D eigenvalue weighted by Gasteiger charge is -2.16. The van der Waals surface area contributed by atoms with Crippen molar-refractivity contribution in [2.24, 2.45) is 6.98 Å². The molecule has 2 heterocycles. The summed E-state index contributed by atoms with van der Waals surface area (Å²) in [6.07, 6.45) is -13.1. The molecule has 134 valence electrons. The SMILES string of the molecule is [2H]C([2H])([2H])n1c(=O)n(C([2H])([2H])C([2H])([2H])C([2H])([2H])C([2H])([2H])C(O)(C([2H])([2H])[2H])C([2H])([2H])[2H])c(=O)c2c1ncn2COCC. The first-order chi connectivity index (χ1) is 18.0. The molecule has 0 aromatic carbocycles. The van der Waals surface area contributed by atoms with Crippen molar-refractivity contribution in [2.75, 3.05) is 6.61 Å². The Balaban J connectivity index is 3.07. The zero-order chi connectivity index (χ0) is 32.6. The molecule has 2 aromatic rings. The Hall–Kier alpha value is -1.93. The summed E-state index contributed by atoms with van der Waals surface area (Å²) in [6, 6.07) is 0. The minimum absolute atomic E-state index is 0.0569. The first-order valence-corrected chi connectivity index (χ1v) is 6.54. The Morgan fingerprint density at radius 1 is 1.42 bits per heavy atom. The lowest BCUT2D eigenvalue weighted by Crippen LogP contribution is -2.39. The first-order valence-electron chi connectivity index (χ1n) is 15.0. The fraction of sp³-hybridized carbons (Fsp3) is 0.688. The molecule has 0 saturated heterocycles. The Bertz CT molecular complexity index is 1400. The highest BCUT2D eigenvalue weighted by Crippen LogP contribution is 2.12. The molecule has 0 amide bonds. The molecule has 0 atom stereocenters. The van der Waals surface area contributed by atoms with Crippen molar-refractivity contribution in [1.82, 2.24) is 18.7 Å². The van der Waals surface area contributed by atoms with Crippen LogP contribution in [0.3, 0.4) is 0 Å². The maximum atomic E-state index is 13.5. The quantitative estimate of drug-likeness (QED) is 0.757. The fourth-order valence-electron chi connectivity index (χ4n) is 1.73. The highest BCUT2D eigenvalue weighted by Gasteiger charge is 2.16. The van der Waals surface area contributed by atoms with Gasteiger partial charge in [-0.1, -0.05) is 0 Å². The van der Waals surface area contributed by atoms with Gasteiger partial charge in [-0.2, -0.15) is 0 Å². The maximum absolute atomic E-state index is 13.5. The number of rotatable bonds is 8. The van der Waals surface area contributed by atoms with Crippen molar-refractivity contribution >= 4 is 11.2 Å². The number of fused-ring (bicyclic) bond motifs is 1. The van der Waals surface area contributed by atoms with Gasteiger partial charge in [-0.25, -0.2) is 9.78 Å². The molecule has 0 saturated carbocycles. The zero-order valence-electron chi connectivity index (χ0n) is 29.5. The van der Waals surface area contributed by atoms with Crippen molar-refractivity contribution in [2.45, 2.75) is 58.6 Å². The number of hydrogen-bond donors (Lipinski definition) is 1. The highest BCUT2D eigenvalue weighted by molar-refractivity contribution is 5.69. The van der Waals surface area contributed by atoms with E-state index in [1.54, 1.807) is 6.92 Å². The molecule has 2 aromatic heterocycles. The van der Waals surface area contributed by atoms with E-state index in [2.05, 4.69) is 4.98 Å². The molecule has 1 N–H and O–H groups in total. The van der Waals surface area contributed by atoms with E-state index in [9.17, 15) is 14.7 Å². The molecule has 0 spiro atoms. The zero-order valence-corrected chi connectivity index (χ0v) is 12.5. The normalized spacial score (nSPS) is 26.7. The third-order valence-electron chi connectivity index (χ3n) is 2.73. The van der Waals surface area contributed by atoms with Crippen LogP contribution in [0.2, 0.25) is 0 Å². The highest BCUT2D eigenvalue weighted by atomic mass is 16.5. The van der Waals surface area contributed by atoms with Gasteiger partial charge in [-0.3, -0.25) is 13.9 Å². The van der Waals surface area contributed by atoms with Crippen LogP contribution in [-0.2, 0) is 24.9 Å². The van der Waals surface area contributed by atoms with E-state index in [1.807, 2.05) is 0 Å². The lowest BCUT2D eigenvalue weighted by atomic mass is 10.0. The van der Waals surface area contributed by atoms with E-state index in [-0.39, 0.29) is 11.2 Å². The van der Waals surface area contributed by atoms with Crippen LogP contribution in [0.4, 0.5) is 0 Å². The summed E-state index contributed by atoms with van der Waals surface area (Å²) in [5, 5.41) is 10.7. The topological polar surface area (TPSA) is 91.3 Å². The van der Waals surface area contributed by atoms with Gasteiger partial charge in [0, 0.05) is 40.6 Å². The maximum Gasteiger partial charge on any atom is 0.332 e. The van der Waals surface area contributed by atoms with Crippen molar-refractivity contribution in [3.63, 3.8) is 0 Å². The molecule has 0 unspecified atom stereocenters. The van der Waals surface area contributed by atoms with Gasteiger partial charge < -0.3 is 14.4 Å². The predicted octanol–water partition coefficient (Wildman–Crippen LogP) is 0.832. The Labute approximate surface area is 164 Å². The summed E-state index contributed by atoms with van der Waals surface area (Å²) in [4.78, 5) is 30.4. The monoisotopic (exact) mass is 355 g/mol. The number of hydrogen-bond acceptors (Lipinski definition) is 5. The molecule has 24 heavy (non-hydrogen) atoms. The van der Waals surface area contributed by atoms with Crippen LogP contribution in [0.25, 0.3) is 11.2 Å². The predicted molar refractivity (Wildman–Crippen MR) is 91.0 cm³/mol. The number of aryl methyl sites for hydroxylation is 1. The van der Waals surface area contributed by atoms with Crippen molar-refractivity contribution < 1.29 is 33.1 Å². The number of ether oxygens (including phenoxy) is 1. The summed E-state index contributed by atoms with van der Waals surface area (Å²) < 4.78 is 139. The average molecular weight is 356 g/mol. The van der Waals surface area contributed by atoms with Gasteiger partial charge in [-0.15, -0.1) is 0 Å². The molecular weight excluding hydrogens is 312 g/mol. The summed E-state index contributed by atoms with van der Waals surface area (Å²) in [6.45, 7) is -15.3. The van der Waals surface area contributed by atoms with E-state index in [0.717, 1.165) is 10.9 Å². The second kappa shape index (κ2) is 7.31. The van der Waals surface area contributed by atoms with Gasteiger partial charge in [0.15, 0.2) is 11.2 Å². The molecule has 0 bridgehead atoms. The van der Waals surface area contributed by atoms with Gasteiger partial charge in [0.25, 0.3) is 5.56 Å². The lowest BCUT2D eigenvalue weighted by molar-refractivity contribution is 0.0678. The number of aliphatic hydroxyl groups is 1. The van der Waals surface area contributed by atoms with Gasteiger partial charge >= 0.3 is 5.69 Å². The minimum atomic E-state index is -4.69. The second-order valence-electron chi connectivity index (χ2n) is 4.46. The van der Waals surface area contributed by atoms with Crippen LogP contribution >= 0.6 is 0 Å². The number of imidazole rings is 1. The summed E-state index contributed by atoms with van der Waals surface area (Å²) in [7, 11) is 0. The van der Waals surface area contributed by atoms with E-state index >= 15 is 0 Å². The first kappa shape index (κ1) is 6.10. The average Bonchev–Trinajstić information content (AvgIpc) is 3.17. The van der Waals surface area contributed by atoms with Crippen molar-refractivity contribution in [3.05, 3.63) is 27.2 Å². The summed E-state index contributed by atoms with van der Waals surface area (Å²) in [5.74, 6) is 0. The van der Waals surface area contributed by atoms with Gasteiger partial charge in [0.1, 0.15) is 6.73 Å². The Kier molecular flexibility index (Phi) is 1.86. The smallest absolute Gasteiger partial charge is 0.332 e. The van der Waals surface area contributed by atoms with E-state index in [0.29, 0.717) is 0 Å². The van der Waals surface area contributed by atoms with E-state index < -0.39 is 85.6 Å². The number of nitrogens with zero attached hydrogens (tertiary/aromatic N) is 4. The van der Waals surface area contributed by atoms with Crippen LogP contribution in [-0.4, -0.2) is 36.0 Å².